The van der Waals surface area contributed by atoms with E-state index in [2.05, 4.69) is 42.2 Å². The zero-order valence-electron chi connectivity index (χ0n) is 17.4. The molecule has 148 valence electrons. The van der Waals surface area contributed by atoms with E-state index in [-0.39, 0.29) is 5.54 Å². The van der Waals surface area contributed by atoms with Gasteiger partial charge in [-0.3, -0.25) is 14.4 Å². The van der Waals surface area contributed by atoms with Gasteiger partial charge in [-0.1, -0.05) is 12.8 Å². The van der Waals surface area contributed by atoms with Gasteiger partial charge in [-0.2, -0.15) is 5.10 Å². The molecule has 5 heteroatoms. The van der Waals surface area contributed by atoms with Crippen molar-refractivity contribution in [3.8, 4) is 0 Å². The third kappa shape index (κ3) is 2.27. The molecule has 1 aromatic heterocycles. The Bertz CT molecular complexity index is 763. The Morgan fingerprint density at radius 1 is 1.15 bits per heavy atom. The first-order chi connectivity index (χ1) is 12.9. The number of hydrogen-bond donors (Lipinski definition) is 0. The predicted molar refractivity (Wildman–Crippen MR) is 106 cm³/mol. The van der Waals surface area contributed by atoms with E-state index in [1.165, 1.54) is 36.9 Å². The second-order valence-electron chi connectivity index (χ2n) is 9.69. The van der Waals surface area contributed by atoms with Crippen LogP contribution >= 0.6 is 0 Å². The summed E-state index contributed by atoms with van der Waals surface area (Å²) in [7, 11) is 0. The number of aromatic nitrogens is 2. The summed E-state index contributed by atoms with van der Waals surface area (Å²) < 4.78 is 2.17. The lowest BCUT2D eigenvalue weighted by Gasteiger charge is -2.35. The van der Waals surface area contributed by atoms with Crippen LogP contribution in [0.4, 0.5) is 0 Å². The molecule has 3 saturated heterocycles. The van der Waals surface area contributed by atoms with E-state index in [9.17, 15) is 4.79 Å². The highest BCUT2D eigenvalue weighted by atomic mass is 16.2. The summed E-state index contributed by atoms with van der Waals surface area (Å²) >= 11 is 0. The van der Waals surface area contributed by atoms with Crippen LogP contribution < -0.4 is 0 Å². The summed E-state index contributed by atoms with van der Waals surface area (Å²) in [5.41, 5.74) is 3.66. The van der Waals surface area contributed by atoms with Crippen LogP contribution in [0.5, 0.6) is 0 Å². The molecule has 0 aromatic carbocycles. The first-order valence-electron chi connectivity index (χ1n) is 11.1. The highest BCUT2D eigenvalue weighted by molar-refractivity contribution is 5.90. The minimum Gasteiger partial charge on any atom is -0.338 e. The van der Waals surface area contributed by atoms with Crippen molar-refractivity contribution >= 4 is 5.91 Å². The smallest absolute Gasteiger partial charge is 0.243 e. The van der Waals surface area contributed by atoms with Gasteiger partial charge in [0.2, 0.25) is 5.91 Å². The molecule has 0 bridgehead atoms. The normalized spacial score (nSPS) is 34.3. The Labute approximate surface area is 163 Å². The Kier molecular flexibility index (Phi) is 3.98. The van der Waals surface area contributed by atoms with E-state index in [4.69, 9.17) is 5.10 Å². The van der Waals surface area contributed by atoms with Crippen LogP contribution in [0, 0.1) is 19.8 Å². The lowest BCUT2D eigenvalue weighted by Crippen LogP contribution is -2.51. The minimum absolute atomic E-state index is 0.202. The zero-order valence-corrected chi connectivity index (χ0v) is 17.4. The quantitative estimate of drug-likeness (QED) is 0.813. The molecule has 27 heavy (non-hydrogen) atoms. The molecule has 4 heterocycles. The first kappa shape index (κ1) is 17.7. The monoisotopic (exact) mass is 370 g/mol. The van der Waals surface area contributed by atoms with E-state index in [1.807, 2.05) is 0 Å². The molecule has 1 aliphatic carbocycles. The molecule has 3 aliphatic heterocycles. The van der Waals surface area contributed by atoms with Crippen LogP contribution in [-0.2, 0) is 4.79 Å². The molecule has 1 spiro atoms. The van der Waals surface area contributed by atoms with Gasteiger partial charge in [0.05, 0.1) is 5.69 Å². The number of hydrogen-bond acceptors (Lipinski definition) is 3. The summed E-state index contributed by atoms with van der Waals surface area (Å²) in [4.78, 5) is 18.6. The lowest BCUT2D eigenvalue weighted by atomic mass is 9.85. The highest BCUT2D eigenvalue weighted by Crippen LogP contribution is 2.57. The molecule has 0 unspecified atom stereocenters. The van der Waals surface area contributed by atoms with E-state index in [0.717, 1.165) is 38.0 Å². The van der Waals surface area contributed by atoms with Crippen LogP contribution in [0.25, 0.3) is 0 Å². The first-order valence-corrected chi connectivity index (χ1v) is 11.1. The molecule has 0 N–H and O–H groups in total. The van der Waals surface area contributed by atoms with Gasteiger partial charge < -0.3 is 4.90 Å². The van der Waals surface area contributed by atoms with Crippen LogP contribution in [0.15, 0.2) is 0 Å². The summed E-state index contributed by atoms with van der Waals surface area (Å²) in [6, 6.07) is 1.27. The van der Waals surface area contributed by atoms with E-state index < -0.39 is 0 Å². The Hall–Kier alpha value is -1.36. The molecule has 1 amide bonds. The SMILES string of the molecule is Cc1nn(C(C)C)c(C)c1[C@@H]1C[C@H]2CN(C3CCCC3)C(=O)[C@]23CCCN13. The summed E-state index contributed by atoms with van der Waals surface area (Å²) in [6.45, 7) is 10.8. The predicted octanol–water partition coefficient (Wildman–Crippen LogP) is 3.76. The van der Waals surface area contributed by atoms with Crippen molar-refractivity contribution in [1.82, 2.24) is 19.6 Å². The maximum Gasteiger partial charge on any atom is 0.243 e. The maximum atomic E-state index is 13.7. The van der Waals surface area contributed by atoms with Crippen molar-refractivity contribution in [3.63, 3.8) is 0 Å². The zero-order chi connectivity index (χ0) is 18.9. The third-order valence-corrected chi connectivity index (χ3v) is 8.05. The number of amides is 1. The second-order valence-corrected chi connectivity index (χ2v) is 9.69. The van der Waals surface area contributed by atoms with Crippen molar-refractivity contribution in [1.29, 1.82) is 0 Å². The molecule has 4 aliphatic rings. The number of aryl methyl sites for hydroxylation is 1. The van der Waals surface area contributed by atoms with Crippen LogP contribution in [0.2, 0.25) is 0 Å². The van der Waals surface area contributed by atoms with Crippen molar-refractivity contribution in [3.05, 3.63) is 17.0 Å². The van der Waals surface area contributed by atoms with E-state index in [1.54, 1.807) is 0 Å². The molecular formula is C22H34N4O. The van der Waals surface area contributed by atoms with Gasteiger partial charge in [-0.15, -0.1) is 0 Å². The fourth-order valence-electron chi connectivity index (χ4n) is 6.99. The van der Waals surface area contributed by atoms with Crippen molar-refractivity contribution in [2.24, 2.45) is 5.92 Å². The molecule has 1 aromatic rings. The van der Waals surface area contributed by atoms with Crippen molar-refractivity contribution < 1.29 is 4.79 Å². The molecule has 3 atom stereocenters. The summed E-state index contributed by atoms with van der Waals surface area (Å²) in [5, 5.41) is 4.85. The second kappa shape index (κ2) is 6.07. The fraction of sp³-hybridized carbons (Fsp3) is 0.818. The molecule has 0 radical (unpaired) electrons. The van der Waals surface area contributed by atoms with Gasteiger partial charge in [0.25, 0.3) is 0 Å². The van der Waals surface area contributed by atoms with E-state index in [0.29, 0.717) is 30.0 Å². The van der Waals surface area contributed by atoms with E-state index >= 15 is 0 Å². The Morgan fingerprint density at radius 3 is 2.56 bits per heavy atom. The third-order valence-electron chi connectivity index (χ3n) is 8.05. The fourth-order valence-corrected chi connectivity index (χ4v) is 6.99. The molecule has 5 nitrogen and oxygen atoms in total. The standard InChI is InChI=1S/C22H34N4O/c1-14(2)26-16(4)20(15(3)23-26)19-12-17-13-24(18-8-5-6-9-18)21(27)22(17)10-7-11-25(19)22/h14,17-19H,5-13H2,1-4H3/t17-,19-,22-/m0/s1. The van der Waals surface area contributed by atoms with Gasteiger partial charge in [0.1, 0.15) is 5.54 Å². The van der Waals surface area contributed by atoms with Crippen molar-refractivity contribution in [2.75, 3.05) is 13.1 Å². The van der Waals surface area contributed by atoms with Crippen molar-refractivity contribution in [2.45, 2.75) is 96.3 Å². The number of carbonyl (C=O) groups is 1. The van der Waals surface area contributed by atoms with Gasteiger partial charge >= 0.3 is 0 Å². The van der Waals surface area contributed by atoms with Crippen LogP contribution in [0.3, 0.4) is 0 Å². The number of likely N-dealkylation sites (tertiary alicyclic amines) is 1. The van der Waals surface area contributed by atoms with Gasteiger partial charge in [-0.25, -0.2) is 0 Å². The number of carbonyl (C=O) groups excluding carboxylic acids is 1. The average Bonchev–Trinajstić information content (AvgIpc) is 3.39. The maximum absolute atomic E-state index is 13.7. The van der Waals surface area contributed by atoms with Crippen LogP contribution in [-0.4, -0.2) is 50.2 Å². The highest BCUT2D eigenvalue weighted by Gasteiger charge is 2.66. The lowest BCUT2D eigenvalue weighted by molar-refractivity contribution is -0.138. The molecular weight excluding hydrogens is 336 g/mol. The molecule has 1 saturated carbocycles. The number of nitrogens with zero attached hydrogens (tertiary/aromatic N) is 4. The van der Waals surface area contributed by atoms with Gasteiger partial charge in [-0.05, 0) is 66.3 Å². The van der Waals surface area contributed by atoms with Gasteiger partial charge in [0.15, 0.2) is 0 Å². The average molecular weight is 371 g/mol. The van der Waals surface area contributed by atoms with Crippen LogP contribution in [0.1, 0.15) is 87.8 Å². The topological polar surface area (TPSA) is 41.4 Å². The van der Waals surface area contributed by atoms with Gasteiger partial charge in [0, 0.05) is 41.8 Å². The Balaban J connectivity index is 1.50. The number of rotatable bonds is 3. The minimum atomic E-state index is -0.202. The molecule has 4 fully saturated rings. The summed E-state index contributed by atoms with van der Waals surface area (Å²) in [5.74, 6) is 0.963. The largest absolute Gasteiger partial charge is 0.338 e. The summed E-state index contributed by atoms with van der Waals surface area (Å²) in [6.07, 6.45) is 8.38. The molecule has 5 rings (SSSR count). The Morgan fingerprint density at radius 2 is 1.89 bits per heavy atom.